The van der Waals surface area contributed by atoms with Gasteiger partial charge in [-0.15, -0.1) is 10.2 Å². The van der Waals surface area contributed by atoms with E-state index in [-0.39, 0.29) is 18.0 Å². The van der Waals surface area contributed by atoms with Gasteiger partial charge in [0.15, 0.2) is 21.4 Å². The molecule has 4 aromatic rings. The van der Waals surface area contributed by atoms with Gasteiger partial charge in [0.05, 0.1) is 32.4 Å². The van der Waals surface area contributed by atoms with E-state index in [4.69, 9.17) is 13.9 Å². The van der Waals surface area contributed by atoms with E-state index in [1.54, 1.807) is 34.9 Å². The van der Waals surface area contributed by atoms with Crippen molar-refractivity contribution in [1.82, 2.24) is 19.7 Å². The van der Waals surface area contributed by atoms with Crippen LogP contribution in [0.5, 0.6) is 11.5 Å². The summed E-state index contributed by atoms with van der Waals surface area (Å²) in [6, 6.07) is 11.3. The molecule has 9 nitrogen and oxygen atoms in total. The molecule has 0 amide bonds. The maximum Gasteiger partial charge on any atom is 0.204 e. The van der Waals surface area contributed by atoms with Gasteiger partial charge >= 0.3 is 0 Å². The van der Waals surface area contributed by atoms with Crippen LogP contribution in [0.15, 0.2) is 59.3 Å². The van der Waals surface area contributed by atoms with Crippen LogP contribution in [0.2, 0.25) is 0 Å². The van der Waals surface area contributed by atoms with Crippen LogP contribution in [0.4, 0.5) is 4.39 Å². The lowest BCUT2D eigenvalue weighted by atomic mass is 10.2. The molecule has 0 N–H and O–H groups in total. The first kappa shape index (κ1) is 22.5. The van der Waals surface area contributed by atoms with Crippen molar-refractivity contribution in [3.05, 3.63) is 72.3 Å². The maximum atomic E-state index is 13.1. The molecule has 3 aromatic heterocycles. The maximum absolute atomic E-state index is 13.1. The van der Waals surface area contributed by atoms with Crippen molar-refractivity contribution in [2.24, 2.45) is 0 Å². The Balaban J connectivity index is 1.73. The second-order valence-corrected chi connectivity index (χ2v) is 9.26. The van der Waals surface area contributed by atoms with Gasteiger partial charge in [0.25, 0.3) is 0 Å². The van der Waals surface area contributed by atoms with Crippen LogP contribution in [0.1, 0.15) is 11.5 Å². The third-order valence-electron chi connectivity index (χ3n) is 4.90. The smallest absolute Gasteiger partial charge is 0.204 e. The van der Waals surface area contributed by atoms with E-state index in [2.05, 4.69) is 15.2 Å². The third kappa shape index (κ3) is 4.87. The summed E-state index contributed by atoms with van der Waals surface area (Å²) in [6.07, 6.45) is 2.68. The number of sulfone groups is 1. The fraction of sp³-hybridized carbons (Fsp3) is 0.227. The molecule has 0 aliphatic carbocycles. The number of nitrogens with zero attached hydrogens (tertiary/aromatic N) is 4. The second kappa shape index (κ2) is 9.41. The quantitative estimate of drug-likeness (QED) is 0.365. The number of aromatic nitrogens is 4. The lowest BCUT2D eigenvalue weighted by molar-refractivity contribution is 0.390. The van der Waals surface area contributed by atoms with Crippen LogP contribution in [-0.4, -0.2) is 48.1 Å². The lowest BCUT2D eigenvalue weighted by Gasteiger charge is -2.16. The number of ether oxygens (including phenoxy) is 2. The molecule has 172 valence electrons. The first-order valence-corrected chi connectivity index (χ1v) is 11.7. The summed E-state index contributed by atoms with van der Waals surface area (Å²) in [5, 5.41) is 8.34. The molecular weight excluding hydrogens is 451 g/mol. The molecule has 33 heavy (non-hydrogen) atoms. The van der Waals surface area contributed by atoms with E-state index in [0.717, 1.165) is 6.20 Å². The Morgan fingerprint density at radius 2 is 1.79 bits per heavy atom. The second-order valence-electron chi connectivity index (χ2n) is 7.07. The molecule has 11 heteroatoms. The Bertz CT molecular complexity index is 1310. The van der Waals surface area contributed by atoms with E-state index in [1.807, 2.05) is 0 Å². The molecule has 1 aromatic carbocycles. The highest BCUT2D eigenvalue weighted by atomic mass is 32.2. The van der Waals surface area contributed by atoms with Crippen LogP contribution >= 0.6 is 0 Å². The Morgan fingerprint density at radius 3 is 2.39 bits per heavy atom. The Kier molecular flexibility index (Phi) is 6.40. The molecule has 3 heterocycles. The third-order valence-corrected chi connectivity index (χ3v) is 6.43. The SMILES string of the molecule is COc1cccc(OC)c1-n1c(CS(=O)(=O)CCc2ccc(F)cn2)nnc1-c1ccco1. The number of rotatable bonds is 9. The molecule has 0 radical (unpaired) electrons. The minimum Gasteiger partial charge on any atom is -0.494 e. The largest absolute Gasteiger partial charge is 0.494 e. The van der Waals surface area contributed by atoms with Crippen molar-refractivity contribution in [2.45, 2.75) is 12.2 Å². The molecule has 0 fully saturated rings. The van der Waals surface area contributed by atoms with E-state index < -0.39 is 21.4 Å². The van der Waals surface area contributed by atoms with Crippen LogP contribution < -0.4 is 9.47 Å². The zero-order valence-corrected chi connectivity index (χ0v) is 18.8. The van der Waals surface area contributed by atoms with Gasteiger partial charge in [-0.05, 0) is 36.4 Å². The number of aryl methyl sites for hydroxylation is 1. The van der Waals surface area contributed by atoms with Gasteiger partial charge in [-0.3, -0.25) is 9.55 Å². The number of furan rings is 1. The van der Waals surface area contributed by atoms with Crippen molar-refractivity contribution in [1.29, 1.82) is 0 Å². The van der Waals surface area contributed by atoms with Gasteiger partial charge in [-0.2, -0.15) is 0 Å². The zero-order valence-electron chi connectivity index (χ0n) is 17.9. The topological polar surface area (TPSA) is 109 Å². The van der Waals surface area contributed by atoms with Crippen LogP contribution in [-0.2, 0) is 22.0 Å². The number of halogens is 1. The summed E-state index contributed by atoms with van der Waals surface area (Å²) in [5.74, 6) is 0.665. The fourth-order valence-electron chi connectivity index (χ4n) is 3.35. The van der Waals surface area contributed by atoms with E-state index in [0.29, 0.717) is 34.5 Å². The first-order chi connectivity index (χ1) is 15.9. The van der Waals surface area contributed by atoms with Gasteiger partial charge in [0.2, 0.25) is 5.82 Å². The average Bonchev–Trinajstić information content (AvgIpc) is 3.48. The molecule has 0 saturated carbocycles. The lowest BCUT2D eigenvalue weighted by Crippen LogP contribution is -2.16. The summed E-state index contributed by atoms with van der Waals surface area (Å²) in [4.78, 5) is 3.92. The standard InChI is InChI=1S/C22H21FN4O5S/c1-30-17-5-3-6-18(31-2)21(17)27-20(25-26-22(27)19-7-4-11-32-19)14-33(28,29)12-10-16-9-8-15(23)13-24-16/h3-9,11,13H,10,12,14H2,1-2H3. The predicted octanol–water partition coefficient (Wildman–Crippen LogP) is 3.24. The molecular formula is C22H21FN4O5S. The van der Waals surface area contributed by atoms with Crippen molar-refractivity contribution in [3.63, 3.8) is 0 Å². The van der Waals surface area contributed by atoms with Gasteiger partial charge in [0.1, 0.15) is 28.8 Å². The van der Waals surface area contributed by atoms with E-state index in [1.165, 1.54) is 32.6 Å². The highest BCUT2D eigenvalue weighted by molar-refractivity contribution is 7.90. The van der Waals surface area contributed by atoms with E-state index in [9.17, 15) is 12.8 Å². The summed E-state index contributed by atoms with van der Waals surface area (Å²) in [6.45, 7) is 0. The first-order valence-electron chi connectivity index (χ1n) is 9.92. The molecule has 0 spiro atoms. The Labute approximate surface area is 189 Å². The Morgan fingerprint density at radius 1 is 1.03 bits per heavy atom. The van der Waals surface area contributed by atoms with Crippen LogP contribution in [0.25, 0.3) is 17.3 Å². The molecule has 0 atom stereocenters. The van der Waals surface area contributed by atoms with Crippen LogP contribution in [0.3, 0.4) is 0 Å². The zero-order chi connectivity index (χ0) is 23.4. The molecule has 0 unspecified atom stereocenters. The summed E-state index contributed by atoms with van der Waals surface area (Å²) >= 11 is 0. The van der Waals surface area contributed by atoms with E-state index >= 15 is 0 Å². The normalized spacial score (nSPS) is 11.5. The monoisotopic (exact) mass is 472 g/mol. The molecule has 0 aliphatic rings. The number of methoxy groups -OCH3 is 2. The number of para-hydroxylation sites is 1. The summed E-state index contributed by atoms with van der Waals surface area (Å²) < 4.78 is 57.1. The molecule has 4 rings (SSSR count). The highest BCUT2D eigenvalue weighted by Crippen LogP contribution is 2.36. The van der Waals surface area contributed by atoms with Crippen molar-refractivity contribution in [2.75, 3.05) is 20.0 Å². The van der Waals surface area contributed by atoms with Crippen LogP contribution in [0, 0.1) is 5.82 Å². The van der Waals surface area contributed by atoms with Crippen molar-refractivity contribution < 1.29 is 26.7 Å². The Hall–Kier alpha value is -3.73. The number of hydrogen-bond acceptors (Lipinski definition) is 8. The van der Waals surface area contributed by atoms with Gasteiger partial charge < -0.3 is 13.9 Å². The summed E-state index contributed by atoms with van der Waals surface area (Å²) in [7, 11) is -0.635. The summed E-state index contributed by atoms with van der Waals surface area (Å²) in [5.41, 5.74) is 0.924. The molecule has 0 aliphatic heterocycles. The molecule has 0 bridgehead atoms. The number of hydrogen-bond donors (Lipinski definition) is 0. The average molecular weight is 472 g/mol. The van der Waals surface area contributed by atoms with Gasteiger partial charge in [0, 0.05) is 12.1 Å². The highest BCUT2D eigenvalue weighted by Gasteiger charge is 2.26. The number of pyridine rings is 1. The minimum absolute atomic E-state index is 0.139. The predicted molar refractivity (Wildman–Crippen MR) is 118 cm³/mol. The minimum atomic E-state index is -3.64. The fourth-order valence-corrected chi connectivity index (χ4v) is 4.59. The molecule has 0 saturated heterocycles. The van der Waals surface area contributed by atoms with Gasteiger partial charge in [-0.1, -0.05) is 6.07 Å². The van der Waals surface area contributed by atoms with Crippen molar-refractivity contribution in [3.8, 4) is 28.8 Å². The number of benzene rings is 1. The van der Waals surface area contributed by atoms with Crippen molar-refractivity contribution >= 4 is 9.84 Å². The van der Waals surface area contributed by atoms with Gasteiger partial charge in [-0.25, -0.2) is 12.8 Å².